The third kappa shape index (κ3) is 1.23. The summed E-state index contributed by atoms with van der Waals surface area (Å²) in [4.78, 5) is 36.8. The highest BCUT2D eigenvalue weighted by Crippen LogP contribution is 2.27. The second kappa shape index (κ2) is 3.64. The molecule has 2 heterocycles. The molecule has 2 atom stereocenters. The Kier molecular flexibility index (Phi) is 2.21. The molecular weight excluding hydrogens is 234 g/mol. The molecule has 1 aromatic rings. The minimum atomic E-state index is -0.776. The van der Waals surface area contributed by atoms with Crippen molar-refractivity contribution in [2.45, 2.75) is 12.1 Å². The lowest BCUT2D eigenvalue weighted by Gasteiger charge is -2.40. The van der Waals surface area contributed by atoms with Gasteiger partial charge in [-0.15, -0.1) is 0 Å². The van der Waals surface area contributed by atoms with Gasteiger partial charge in [0.25, 0.3) is 11.8 Å². The summed E-state index contributed by atoms with van der Waals surface area (Å²) >= 11 is 0. The van der Waals surface area contributed by atoms with Crippen LogP contribution in [0.2, 0.25) is 0 Å². The van der Waals surface area contributed by atoms with Gasteiger partial charge in [-0.05, 0) is 12.1 Å². The van der Waals surface area contributed by atoms with E-state index in [1.807, 2.05) is 0 Å². The summed E-state index contributed by atoms with van der Waals surface area (Å²) in [7, 11) is 0. The Morgan fingerprint density at radius 1 is 1.11 bits per heavy atom. The molecule has 2 aliphatic heterocycles. The number of carbonyl (C=O) groups excluding carboxylic acids is 3. The Morgan fingerprint density at radius 3 is 2.11 bits per heavy atom. The van der Waals surface area contributed by atoms with Gasteiger partial charge < -0.3 is 11.1 Å². The molecule has 6 heteroatoms. The van der Waals surface area contributed by atoms with E-state index in [2.05, 4.69) is 5.32 Å². The van der Waals surface area contributed by atoms with E-state index in [1.54, 1.807) is 24.3 Å². The van der Waals surface area contributed by atoms with Gasteiger partial charge in [0.05, 0.1) is 17.2 Å². The minimum Gasteiger partial charge on any atom is -0.348 e. The number of imide groups is 1. The number of nitrogens with two attached hydrogens (primary N) is 1. The van der Waals surface area contributed by atoms with Crippen molar-refractivity contribution in [2.75, 3.05) is 6.54 Å². The van der Waals surface area contributed by atoms with E-state index in [0.717, 1.165) is 4.90 Å². The quantitative estimate of drug-likeness (QED) is 0.522. The number of nitrogens with one attached hydrogen (secondary N) is 1. The molecule has 3 rings (SSSR count). The van der Waals surface area contributed by atoms with E-state index in [-0.39, 0.29) is 18.5 Å². The smallest absolute Gasteiger partial charge is 0.262 e. The summed E-state index contributed by atoms with van der Waals surface area (Å²) in [5.74, 6) is -1.18. The highest BCUT2D eigenvalue weighted by molar-refractivity contribution is 6.23. The average Bonchev–Trinajstić information content (AvgIpc) is 2.62. The number of β-lactam (4-membered cyclic amide) rings is 1. The summed E-state index contributed by atoms with van der Waals surface area (Å²) in [6.45, 7) is 0.198. The van der Waals surface area contributed by atoms with Crippen molar-refractivity contribution < 1.29 is 14.4 Å². The number of fused-ring (bicyclic) bond motifs is 1. The van der Waals surface area contributed by atoms with Crippen molar-refractivity contribution in [2.24, 2.45) is 5.73 Å². The van der Waals surface area contributed by atoms with Crippen molar-refractivity contribution in [3.63, 3.8) is 0 Å². The number of nitrogens with zero attached hydrogens (tertiary/aromatic N) is 1. The lowest BCUT2D eigenvalue weighted by Crippen LogP contribution is -2.72. The zero-order chi connectivity index (χ0) is 12.9. The summed E-state index contributed by atoms with van der Waals surface area (Å²) in [5.41, 5.74) is 6.18. The van der Waals surface area contributed by atoms with Gasteiger partial charge in [0.15, 0.2) is 0 Å². The van der Waals surface area contributed by atoms with E-state index < -0.39 is 17.9 Å². The van der Waals surface area contributed by atoms with Gasteiger partial charge in [-0.3, -0.25) is 19.3 Å². The van der Waals surface area contributed by atoms with Crippen LogP contribution in [-0.4, -0.2) is 41.2 Å². The molecule has 0 aliphatic carbocycles. The zero-order valence-electron chi connectivity index (χ0n) is 9.42. The summed E-state index contributed by atoms with van der Waals surface area (Å²) < 4.78 is 0. The molecule has 2 aliphatic rings. The Balaban J connectivity index is 2.00. The second-order valence-electron chi connectivity index (χ2n) is 4.32. The summed E-state index contributed by atoms with van der Waals surface area (Å²) in [6.07, 6.45) is 0. The van der Waals surface area contributed by atoms with E-state index in [0.29, 0.717) is 11.1 Å². The van der Waals surface area contributed by atoms with Crippen LogP contribution in [0.25, 0.3) is 0 Å². The first-order chi connectivity index (χ1) is 8.65. The van der Waals surface area contributed by atoms with Crippen LogP contribution in [0.1, 0.15) is 20.7 Å². The monoisotopic (exact) mass is 245 g/mol. The van der Waals surface area contributed by atoms with Crippen molar-refractivity contribution in [1.29, 1.82) is 0 Å². The largest absolute Gasteiger partial charge is 0.348 e. The molecule has 2 unspecified atom stereocenters. The number of amides is 3. The maximum Gasteiger partial charge on any atom is 0.262 e. The van der Waals surface area contributed by atoms with Crippen LogP contribution in [0.15, 0.2) is 24.3 Å². The number of hydrogen-bond donors (Lipinski definition) is 2. The lowest BCUT2D eigenvalue weighted by molar-refractivity contribution is -0.134. The SMILES string of the molecule is NCC1NC(=O)C1N1C(=O)c2ccccc2C1=O. The zero-order valence-corrected chi connectivity index (χ0v) is 9.42. The molecule has 3 N–H and O–H groups in total. The molecule has 1 aromatic carbocycles. The van der Waals surface area contributed by atoms with Gasteiger partial charge in [-0.2, -0.15) is 0 Å². The molecule has 1 saturated heterocycles. The highest BCUT2D eigenvalue weighted by Gasteiger charge is 2.50. The van der Waals surface area contributed by atoms with Crippen LogP contribution >= 0.6 is 0 Å². The Morgan fingerprint density at radius 2 is 1.67 bits per heavy atom. The van der Waals surface area contributed by atoms with Crippen molar-refractivity contribution >= 4 is 17.7 Å². The third-order valence-corrected chi connectivity index (χ3v) is 3.33. The number of benzene rings is 1. The van der Waals surface area contributed by atoms with Crippen molar-refractivity contribution in [3.8, 4) is 0 Å². The summed E-state index contributed by atoms with van der Waals surface area (Å²) in [5, 5.41) is 2.58. The fourth-order valence-corrected chi connectivity index (χ4v) is 2.38. The van der Waals surface area contributed by atoms with Crippen molar-refractivity contribution in [1.82, 2.24) is 10.2 Å². The van der Waals surface area contributed by atoms with Gasteiger partial charge in [-0.25, -0.2) is 0 Å². The molecule has 1 fully saturated rings. The standard InChI is InChI=1S/C12H11N3O3/c13-5-8-9(10(16)14-8)15-11(17)6-3-1-2-4-7(6)12(15)18/h1-4,8-9H,5,13H2,(H,14,16). The maximum absolute atomic E-state index is 12.1. The van der Waals surface area contributed by atoms with Crippen LogP contribution in [0.4, 0.5) is 0 Å². The molecule has 0 saturated carbocycles. The van der Waals surface area contributed by atoms with Crippen LogP contribution in [-0.2, 0) is 4.79 Å². The molecule has 18 heavy (non-hydrogen) atoms. The second-order valence-corrected chi connectivity index (χ2v) is 4.32. The van der Waals surface area contributed by atoms with Crippen LogP contribution in [0, 0.1) is 0 Å². The van der Waals surface area contributed by atoms with Crippen LogP contribution in [0.5, 0.6) is 0 Å². The van der Waals surface area contributed by atoms with E-state index >= 15 is 0 Å². The van der Waals surface area contributed by atoms with E-state index in [4.69, 9.17) is 5.73 Å². The first-order valence-electron chi connectivity index (χ1n) is 5.62. The van der Waals surface area contributed by atoms with Gasteiger partial charge in [0, 0.05) is 6.54 Å². The fourth-order valence-electron chi connectivity index (χ4n) is 2.38. The normalized spacial score (nSPS) is 25.8. The fraction of sp³-hybridized carbons (Fsp3) is 0.250. The Labute approximate surface area is 103 Å². The third-order valence-electron chi connectivity index (χ3n) is 3.33. The van der Waals surface area contributed by atoms with E-state index in [9.17, 15) is 14.4 Å². The van der Waals surface area contributed by atoms with Gasteiger partial charge in [0.1, 0.15) is 6.04 Å². The van der Waals surface area contributed by atoms with Gasteiger partial charge in [-0.1, -0.05) is 12.1 Å². The molecular formula is C12H11N3O3. The lowest BCUT2D eigenvalue weighted by atomic mass is 9.97. The molecule has 92 valence electrons. The minimum absolute atomic E-state index is 0.198. The predicted molar refractivity (Wildman–Crippen MR) is 61.7 cm³/mol. The molecule has 3 amide bonds. The van der Waals surface area contributed by atoms with Crippen molar-refractivity contribution in [3.05, 3.63) is 35.4 Å². The first-order valence-corrected chi connectivity index (χ1v) is 5.62. The number of rotatable bonds is 2. The van der Waals surface area contributed by atoms with Crippen LogP contribution < -0.4 is 11.1 Å². The molecule has 6 nitrogen and oxygen atoms in total. The highest BCUT2D eigenvalue weighted by atomic mass is 16.2. The molecule has 0 radical (unpaired) electrons. The predicted octanol–water partition coefficient (Wildman–Crippen LogP) is -0.892. The average molecular weight is 245 g/mol. The topological polar surface area (TPSA) is 92.5 Å². The van der Waals surface area contributed by atoms with Gasteiger partial charge >= 0.3 is 0 Å². The molecule has 0 spiro atoms. The Hall–Kier alpha value is -2.21. The number of hydrogen-bond acceptors (Lipinski definition) is 4. The Bertz CT molecular complexity index is 534. The molecule has 0 aromatic heterocycles. The van der Waals surface area contributed by atoms with E-state index in [1.165, 1.54) is 0 Å². The molecule has 0 bridgehead atoms. The maximum atomic E-state index is 12.1. The number of carbonyl (C=O) groups is 3. The van der Waals surface area contributed by atoms with Gasteiger partial charge in [0.2, 0.25) is 5.91 Å². The van der Waals surface area contributed by atoms with Crippen LogP contribution in [0.3, 0.4) is 0 Å². The first kappa shape index (κ1) is 10.9. The summed E-state index contributed by atoms with van der Waals surface area (Å²) in [6, 6.07) is 5.43.